The highest BCUT2D eigenvalue weighted by molar-refractivity contribution is 7.97. The van der Waals surface area contributed by atoms with Gasteiger partial charge in [-0.05, 0) is 12.8 Å². The molecule has 0 aliphatic carbocycles. The number of carbonyl (C=O) groups is 2. The molecule has 2 amide bonds. The van der Waals surface area contributed by atoms with E-state index >= 15 is 0 Å². The average Bonchev–Trinajstić information content (AvgIpc) is 2.20. The van der Waals surface area contributed by atoms with Crippen LogP contribution in [0.5, 0.6) is 0 Å². The number of nitrogens with zero attached hydrogens (tertiary/aromatic N) is 1. The van der Waals surface area contributed by atoms with E-state index in [0.29, 0.717) is 5.75 Å². The molecule has 7 heteroatoms. The molecule has 1 rings (SSSR count). The Labute approximate surface area is 91.7 Å². The van der Waals surface area contributed by atoms with Crippen LogP contribution in [0.3, 0.4) is 0 Å². The molecular formula is C8H12N3O3S. The minimum atomic E-state index is -0.738. The molecule has 0 aromatic rings. The molecule has 1 radical (unpaired) electrons. The number of nitroso groups, excluding NO2 is 1. The van der Waals surface area contributed by atoms with Gasteiger partial charge in [0.1, 0.15) is 12.1 Å². The monoisotopic (exact) mass is 230 g/mol. The molecule has 1 fully saturated rings. The van der Waals surface area contributed by atoms with Crippen LogP contribution in [-0.2, 0) is 9.59 Å². The molecule has 0 aromatic carbocycles. The summed E-state index contributed by atoms with van der Waals surface area (Å²) in [7, 11) is 0. The number of rotatable bonds is 4. The van der Waals surface area contributed by atoms with Crippen LogP contribution in [0.25, 0.3) is 0 Å². The Hall–Kier alpha value is -1.11. The molecular weight excluding hydrogens is 218 g/mol. The molecule has 1 unspecified atom stereocenters. The Kier molecular flexibility index (Phi) is 4.07. The van der Waals surface area contributed by atoms with E-state index in [2.05, 4.69) is 22.1 Å². The molecule has 15 heavy (non-hydrogen) atoms. The fourth-order valence-corrected chi connectivity index (χ4v) is 1.78. The van der Waals surface area contributed by atoms with Gasteiger partial charge < -0.3 is 10.6 Å². The van der Waals surface area contributed by atoms with Crippen molar-refractivity contribution in [2.24, 2.45) is 10.5 Å². The van der Waals surface area contributed by atoms with E-state index in [1.165, 1.54) is 0 Å². The summed E-state index contributed by atoms with van der Waals surface area (Å²) in [4.78, 5) is 32.6. The average molecular weight is 230 g/mol. The van der Waals surface area contributed by atoms with Crippen LogP contribution < -0.4 is 10.6 Å². The Morgan fingerprint density at radius 1 is 1.47 bits per heavy atom. The highest BCUT2D eigenvalue weighted by Gasteiger charge is 2.34. The van der Waals surface area contributed by atoms with Crippen molar-refractivity contribution in [1.29, 1.82) is 0 Å². The van der Waals surface area contributed by atoms with Crippen molar-refractivity contribution in [3.8, 4) is 0 Å². The van der Waals surface area contributed by atoms with E-state index in [1.807, 2.05) is 0 Å². The number of hydrogen-bond donors (Lipinski definition) is 2. The second-order valence-electron chi connectivity index (χ2n) is 3.40. The largest absolute Gasteiger partial charge is 0.343 e. The molecule has 0 aromatic heterocycles. The first-order chi connectivity index (χ1) is 7.06. The lowest BCUT2D eigenvalue weighted by atomic mass is 10.00. The van der Waals surface area contributed by atoms with Gasteiger partial charge in [0, 0.05) is 22.3 Å². The molecule has 0 spiro atoms. The fourth-order valence-electron chi connectivity index (χ4n) is 1.29. The quantitative estimate of drug-likeness (QED) is 0.519. The molecule has 0 saturated carbocycles. The first-order valence-corrected chi connectivity index (χ1v) is 5.39. The summed E-state index contributed by atoms with van der Waals surface area (Å²) in [6.07, 6.45) is 0. The summed E-state index contributed by atoms with van der Waals surface area (Å²) < 4.78 is 2.64. The van der Waals surface area contributed by atoms with Gasteiger partial charge in [-0.1, -0.05) is 6.92 Å². The van der Waals surface area contributed by atoms with Gasteiger partial charge in [0.05, 0.1) is 0 Å². The van der Waals surface area contributed by atoms with Crippen molar-refractivity contribution in [2.75, 3.05) is 5.75 Å². The van der Waals surface area contributed by atoms with Crippen molar-refractivity contribution in [3.05, 3.63) is 11.8 Å². The van der Waals surface area contributed by atoms with E-state index < -0.39 is 12.1 Å². The number of hydrogen-bond acceptors (Lipinski definition) is 5. The third-order valence-electron chi connectivity index (χ3n) is 2.17. The highest BCUT2D eigenvalue weighted by atomic mass is 32.2. The second kappa shape index (κ2) is 5.11. The van der Waals surface area contributed by atoms with Crippen LogP contribution in [0.2, 0.25) is 0 Å². The SMILES string of the molecule is [CH2][C@@H]1NC(=O)[C@H](C(C)CSN=O)NC1=O. The third kappa shape index (κ3) is 2.92. The number of piperazine rings is 1. The second-order valence-corrected chi connectivity index (χ2v) is 4.14. The lowest BCUT2D eigenvalue weighted by molar-refractivity contribution is -0.136. The van der Waals surface area contributed by atoms with E-state index in [4.69, 9.17) is 0 Å². The molecule has 1 heterocycles. The summed E-state index contributed by atoms with van der Waals surface area (Å²) in [5.74, 6) is -0.336. The van der Waals surface area contributed by atoms with Crippen LogP contribution >= 0.6 is 11.9 Å². The smallest absolute Gasteiger partial charge is 0.243 e. The first kappa shape index (κ1) is 12.0. The van der Waals surface area contributed by atoms with Gasteiger partial charge in [-0.3, -0.25) is 9.59 Å². The summed E-state index contributed by atoms with van der Waals surface area (Å²) in [6.45, 7) is 5.24. The zero-order valence-electron chi connectivity index (χ0n) is 8.23. The van der Waals surface area contributed by atoms with Crippen molar-refractivity contribution in [1.82, 2.24) is 10.6 Å². The molecule has 3 atom stereocenters. The lowest BCUT2D eigenvalue weighted by Crippen LogP contribution is -2.62. The topological polar surface area (TPSA) is 87.6 Å². The van der Waals surface area contributed by atoms with Crippen LogP contribution in [-0.4, -0.2) is 29.7 Å². The molecule has 2 N–H and O–H groups in total. The van der Waals surface area contributed by atoms with Crippen molar-refractivity contribution in [2.45, 2.75) is 19.0 Å². The fraction of sp³-hybridized carbons (Fsp3) is 0.625. The van der Waals surface area contributed by atoms with Crippen molar-refractivity contribution < 1.29 is 9.59 Å². The van der Waals surface area contributed by atoms with E-state index in [0.717, 1.165) is 11.9 Å². The maximum atomic E-state index is 11.5. The zero-order valence-corrected chi connectivity index (χ0v) is 9.04. The number of nitrogens with one attached hydrogen (secondary N) is 2. The van der Waals surface area contributed by atoms with Crippen LogP contribution in [0.15, 0.2) is 4.58 Å². The normalized spacial score (nSPS) is 27.9. The molecule has 1 aliphatic rings. The van der Waals surface area contributed by atoms with E-state index in [9.17, 15) is 14.5 Å². The Morgan fingerprint density at radius 3 is 2.73 bits per heavy atom. The van der Waals surface area contributed by atoms with Gasteiger partial charge in [0.15, 0.2) is 0 Å². The van der Waals surface area contributed by atoms with E-state index in [-0.39, 0.29) is 17.7 Å². The highest BCUT2D eigenvalue weighted by Crippen LogP contribution is 2.14. The van der Waals surface area contributed by atoms with Gasteiger partial charge >= 0.3 is 0 Å². The van der Waals surface area contributed by atoms with Gasteiger partial charge in [-0.15, -0.1) is 4.91 Å². The summed E-state index contributed by atoms with van der Waals surface area (Å²) >= 11 is 0.836. The minimum absolute atomic E-state index is 0.149. The minimum Gasteiger partial charge on any atom is -0.343 e. The van der Waals surface area contributed by atoms with Gasteiger partial charge in [0.2, 0.25) is 11.8 Å². The van der Waals surface area contributed by atoms with Crippen LogP contribution in [0.1, 0.15) is 6.92 Å². The lowest BCUT2D eigenvalue weighted by Gasteiger charge is -2.30. The molecule has 0 bridgehead atoms. The Morgan fingerprint density at radius 2 is 2.13 bits per heavy atom. The van der Waals surface area contributed by atoms with Crippen LogP contribution in [0.4, 0.5) is 0 Å². The van der Waals surface area contributed by atoms with Crippen LogP contribution in [0, 0.1) is 17.7 Å². The van der Waals surface area contributed by atoms with E-state index in [1.54, 1.807) is 6.92 Å². The maximum Gasteiger partial charge on any atom is 0.243 e. The van der Waals surface area contributed by atoms with Gasteiger partial charge in [-0.2, -0.15) is 0 Å². The first-order valence-electron chi connectivity index (χ1n) is 4.44. The number of amides is 2. The predicted octanol–water partition coefficient (Wildman–Crippen LogP) is -0.146. The van der Waals surface area contributed by atoms with Gasteiger partial charge in [0.25, 0.3) is 0 Å². The standard InChI is InChI=1S/C8H12N3O3S/c1-4(3-15-11-14)6-8(13)9-5(2)7(12)10-6/h4-6H,2-3H2,1H3,(H,9,13)(H,10,12)/t4?,5-,6-/m0/s1. The maximum absolute atomic E-state index is 11.5. The molecule has 1 saturated heterocycles. The molecule has 6 nitrogen and oxygen atoms in total. The van der Waals surface area contributed by atoms with Gasteiger partial charge in [-0.25, -0.2) is 0 Å². The summed E-state index contributed by atoms with van der Waals surface area (Å²) in [6, 6.07) is -1.34. The number of carbonyl (C=O) groups excluding carboxylic acids is 2. The van der Waals surface area contributed by atoms with Crippen molar-refractivity contribution in [3.63, 3.8) is 0 Å². The summed E-state index contributed by atoms with van der Waals surface area (Å²) in [5, 5.41) is 5.01. The Balaban J connectivity index is 2.57. The summed E-state index contributed by atoms with van der Waals surface area (Å²) in [5.41, 5.74) is 0. The Bertz CT molecular complexity index is 284. The molecule has 1 aliphatic heterocycles. The molecule has 83 valence electrons. The van der Waals surface area contributed by atoms with Crippen molar-refractivity contribution >= 4 is 23.8 Å². The predicted molar refractivity (Wildman–Crippen MR) is 56.6 cm³/mol. The third-order valence-corrected chi connectivity index (χ3v) is 2.95. The zero-order chi connectivity index (χ0) is 11.4.